The lowest BCUT2D eigenvalue weighted by Gasteiger charge is -2.49. The van der Waals surface area contributed by atoms with E-state index < -0.39 is 23.8 Å². The van der Waals surface area contributed by atoms with Gasteiger partial charge in [0.05, 0.1) is 5.69 Å². The summed E-state index contributed by atoms with van der Waals surface area (Å²) in [5.41, 5.74) is 2.16. The molecule has 0 radical (unpaired) electrons. The summed E-state index contributed by atoms with van der Waals surface area (Å²) < 4.78 is 0. The number of piperidine rings is 2. The SMILES string of the molecule is C=C1CC2CCCC(C1)N2OC12C[C@@H](C(=O)O)N(C)C1N(ON)c1ccccc12. The van der Waals surface area contributed by atoms with Gasteiger partial charge in [-0.25, -0.2) is 5.06 Å². The van der Waals surface area contributed by atoms with Crippen molar-refractivity contribution >= 4 is 11.7 Å². The van der Waals surface area contributed by atoms with E-state index in [1.165, 1.54) is 12.0 Å². The van der Waals surface area contributed by atoms with E-state index in [2.05, 4.69) is 11.6 Å². The molecule has 0 aliphatic carbocycles. The average molecular weight is 400 g/mol. The predicted octanol–water partition coefficient (Wildman–Crippen LogP) is 2.13. The van der Waals surface area contributed by atoms with E-state index in [9.17, 15) is 9.90 Å². The van der Waals surface area contributed by atoms with E-state index in [0.29, 0.717) is 6.42 Å². The van der Waals surface area contributed by atoms with Gasteiger partial charge in [-0.3, -0.25) is 14.5 Å². The molecule has 5 atom stereocenters. The number of hydroxylamine groups is 3. The second-order valence-electron chi connectivity index (χ2n) is 8.78. The van der Waals surface area contributed by atoms with Gasteiger partial charge in [-0.15, -0.1) is 0 Å². The number of para-hydroxylation sites is 1. The number of anilines is 1. The summed E-state index contributed by atoms with van der Waals surface area (Å²) in [5.74, 6) is 4.79. The van der Waals surface area contributed by atoms with Crippen LogP contribution in [0, 0.1) is 0 Å². The number of nitrogens with zero attached hydrogens (tertiary/aromatic N) is 3. The normalized spacial score (nSPS) is 36.9. The van der Waals surface area contributed by atoms with Crippen LogP contribution in [-0.4, -0.2) is 52.4 Å². The third-order valence-corrected chi connectivity index (χ3v) is 7.12. The Morgan fingerprint density at radius 1 is 1.28 bits per heavy atom. The fourth-order valence-corrected chi connectivity index (χ4v) is 5.92. The van der Waals surface area contributed by atoms with Crippen LogP contribution >= 0.6 is 0 Å². The van der Waals surface area contributed by atoms with E-state index >= 15 is 0 Å². The molecule has 5 rings (SSSR count). The maximum atomic E-state index is 12.0. The molecule has 1 aromatic carbocycles. The molecule has 2 bridgehead atoms. The number of likely N-dealkylation sites (N-methyl/N-ethyl adjacent to an activating group) is 1. The molecule has 4 aliphatic rings. The summed E-state index contributed by atoms with van der Waals surface area (Å²) >= 11 is 0. The van der Waals surface area contributed by atoms with E-state index in [4.69, 9.17) is 15.7 Å². The van der Waals surface area contributed by atoms with Crippen LogP contribution in [0.5, 0.6) is 0 Å². The first kappa shape index (κ1) is 19.0. The molecule has 0 aromatic heterocycles. The van der Waals surface area contributed by atoms with Crippen molar-refractivity contribution in [1.29, 1.82) is 0 Å². The summed E-state index contributed by atoms with van der Waals surface area (Å²) in [6.07, 6.45) is 5.03. The molecule has 3 saturated heterocycles. The lowest BCUT2D eigenvalue weighted by molar-refractivity contribution is -0.310. The Labute approximate surface area is 170 Å². The summed E-state index contributed by atoms with van der Waals surface area (Å²) in [5, 5.41) is 13.6. The monoisotopic (exact) mass is 400 g/mol. The van der Waals surface area contributed by atoms with Gasteiger partial charge >= 0.3 is 5.97 Å². The fourth-order valence-electron chi connectivity index (χ4n) is 5.92. The topological polar surface area (TPSA) is 91.5 Å². The number of likely N-dealkylation sites (tertiary alicyclic amines) is 1. The number of carboxylic acid groups (broad SMARTS) is 1. The third kappa shape index (κ3) is 2.67. The maximum absolute atomic E-state index is 12.0. The smallest absolute Gasteiger partial charge is 0.321 e. The molecule has 4 unspecified atom stereocenters. The highest BCUT2D eigenvalue weighted by atomic mass is 16.8. The lowest BCUT2D eigenvalue weighted by atomic mass is 9.83. The number of carboxylic acids is 1. The number of nitrogens with two attached hydrogens (primary N) is 1. The molecular weight excluding hydrogens is 372 g/mol. The van der Waals surface area contributed by atoms with Crippen LogP contribution < -0.4 is 11.0 Å². The number of hydrogen-bond acceptors (Lipinski definition) is 7. The molecule has 3 fully saturated rings. The quantitative estimate of drug-likeness (QED) is 0.587. The van der Waals surface area contributed by atoms with Crippen molar-refractivity contribution in [3.63, 3.8) is 0 Å². The Kier molecular flexibility index (Phi) is 4.45. The Bertz CT molecular complexity index is 832. The zero-order valence-corrected chi connectivity index (χ0v) is 16.7. The van der Waals surface area contributed by atoms with Gasteiger partial charge in [-0.05, 0) is 38.8 Å². The van der Waals surface area contributed by atoms with Gasteiger partial charge < -0.3 is 5.11 Å². The average Bonchev–Trinajstić information content (AvgIpc) is 3.12. The molecule has 29 heavy (non-hydrogen) atoms. The minimum Gasteiger partial charge on any atom is -0.480 e. The number of rotatable bonds is 4. The van der Waals surface area contributed by atoms with Crippen molar-refractivity contribution in [2.24, 2.45) is 5.90 Å². The zero-order chi connectivity index (χ0) is 20.3. The molecule has 0 amide bonds. The zero-order valence-electron chi connectivity index (χ0n) is 16.7. The Balaban J connectivity index is 1.59. The molecule has 8 nitrogen and oxygen atoms in total. The molecule has 3 N–H and O–H groups in total. The van der Waals surface area contributed by atoms with Crippen LogP contribution in [0.2, 0.25) is 0 Å². The summed E-state index contributed by atoms with van der Waals surface area (Å²) in [7, 11) is 1.80. The van der Waals surface area contributed by atoms with Crippen LogP contribution in [0.3, 0.4) is 0 Å². The van der Waals surface area contributed by atoms with Crippen LogP contribution in [0.4, 0.5) is 5.69 Å². The minimum absolute atomic E-state index is 0.277. The molecule has 156 valence electrons. The summed E-state index contributed by atoms with van der Waals surface area (Å²) in [4.78, 5) is 26.0. The first-order valence-corrected chi connectivity index (χ1v) is 10.3. The van der Waals surface area contributed by atoms with Gasteiger partial charge in [0.1, 0.15) is 12.2 Å². The van der Waals surface area contributed by atoms with Crippen molar-refractivity contribution < 1.29 is 19.7 Å². The molecular formula is C21H28N4O4. The lowest BCUT2D eigenvalue weighted by Crippen LogP contribution is -2.57. The summed E-state index contributed by atoms with van der Waals surface area (Å²) in [6, 6.07) is 7.68. The second kappa shape index (κ2) is 6.78. The van der Waals surface area contributed by atoms with E-state index in [1.54, 1.807) is 17.0 Å². The largest absolute Gasteiger partial charge is 0.480 e. The molecule has 0 saturated carbocycles. The molecule has 8 heteroatoms. The highest BCUT2D eigenvalue weighted by molar-refractivity contribution is 5.76. The second-order valence-corrected chi connectivity index (χ2v) is 8.78. The first-order chi connectivity index (χ1) is 14.0. The van der Waals surface area contributed by atoms with Crippen LogP contribution in [0.1, 0.15) is 44.1 Å². The van der Waals surface area contributed by atoms with E-state index in [1.807, 2.05) is 24.3 Å². The summed E-state index contributed by atoms with van der Waals surface area (Å²) in [6.45, 7) is 4.22. The van der Waals surface area contributed by atoms with Crippen molar-refractivity contribution in [2.45, 2.75) is 68.4 Å². The fraction of sp³-hybridized carbons (Fsp3) is 0.571. The molecule has 4 aliphatic heterocycles. The van der Waals surface area contributed by atoms with Crippen molar-refractivity contribution in [1.82, 2.24) is 9.96 Å². The molecule has 4 heterocycles. The number of aliphatic carboxylic acids is 1. The third-order valence-electron chi connectivity index (χ3n) is 7.12. The Hall–Kier alpha value is -1.97. The number of fused-ring (bicyclic) bond motifs is 5. The number of hydrogen-bond donors (Lipinski definition) is 2. The van der Waals surface area contributed by atoms with Gasteiger partial charge in [0.15, 0.2) is 5.60 Å². The van der Waals surface area contributed by atoms with Crippen LogP contribution in [0.25, 0.3) is 0 Å². The van der Waals surface area contributed by atoms with Gasteiger partial charge in [0.2, 0.25) is 0 Å². The van der Waals surface area contributed by atoms with Gasteiger partial charge in [0, 0.05) is 24.1 Å². The van der Waals surface area contributed by atoms with E-state index in [0.717, 1.165) is 36.9 Å². The number of carbonyl (C=O) groups is 1. The highest BCUT2D eigenvalue weighted by Crippen LogP contribution is 2.55. The predicted molar refractivity (Wildman–Crippen MR) is 106 cm³/mol. The van der Waals surface area contributed by atoms with Gasteiger partial charge in [0.25, 0.3) is 0 Å². The Morgan fingerprint density at radius 3 is 2.62 bits per heavy atom. The molecule has 0 spiro atoms. The van der Waals surface area contributed by atoms with Gasteiger partial charge in [-0.2, -0.15) is 15.9 Å². The standard InChI is InChI=1S/C21H28N4O4/c1-13-10-14-6-5-7-15(11-13)24(14)28-21-12-18(19(26)27)23(2)20(21)25(29-22)17-9-4-3-8-16(17)21/h3-4,8-9,14-15,18,20H,1,5-7,10-12,22H2,2H3,(H,26,27)/t14?,15?,18-,20?,21?/m0/s1. The van der Waals surface area contributed by atoms with E-state index in [-0.39, 0.29) is 12.1 Å². The molecule has 1 aromatic rings. The first-order valence-electron chi connectivity index (χ1n) is 10.3. The number of benzene rings is 1. The van der Waals surface area contributed by atoms with Crippen LogP contribution in [-0.2, 0) is 20.2 Å². The maximum Gasteiger partial charge on any atom is 0.321 e. The van der Waals surface area contributed by atoms with Crippen molar-refractivity contribution in [3.8, 4) is 0 Å². The van der Waals surface area contributed by atoms with Crippen molar-refractivity contribution in [2.75, 3.05) is 12.1 Å². The van der Waals surface area contributed by atoms with Gasteiger partial charge in [-0.1, -0.05) is 36.8 Å². The van der Waals surface area contributed by atoms with Crippen LogP contribution in [0.15, 0.2) is 36.4 Å². The minimum atomic E-state index is -0.869. The highest BCUT2D eigenvalue weighted by Gasteiger charge is 2.65. The van der Waals surface area contributed by atoms with Crippen molar-refractivity contribution in [3.05, 3.63) is 42.0 Å². The Morgan fingerprint density at radius 2 is 1.97 bits per heavy atom.